The van der Waals surface area contributed by atoms with Gasteiger partial charge in [-0.1, -0.05) is 66.7 Å². The van der Waals surface area contributed by atoms with Gasteiger partial charge in [0.25, 0.3) is 0 Å². The summed E-state index contributed by atoms with van der Waals surface area (Å²) in [7, 11) is 0. The first-order valence-electron chi connectivity index (χ1n) is 6.62. The van der Waals surface area contributed by atoms with Crippen LogP contribution in [-0.4, -0.2) is 0 Å². The smallest absolute Gasteiger partial charge is 0.0238 e. The third-order valence-corrected chi connectivity index (χ3v) is 4.91. The molecule has 1 aliphatic carbocycles. The second kappa shape index (κ2) is 4.68. The van der Waals surface area contributed by atoms with E-state index >= 15 is 0 Å². The molecule has 0 aliphatic heterocycles. The fourth-order valence-corrected chi connectivity index (χ4v) is 3.72. The van der Waals surface area contributed by atoms with Gasteiger partial charge in [-0.2, -0.15) is 0 Å². The van der Waals surface area contributed by atoms with Crippen LogP contribution in [0.3, 0.4) is 0 Å². The van der Waals surface area contributed by atoms with Gasteiger partial charge in [0.2, 0.25) is 0 Å². The second-order valence-corrected chi connectivity index (χ2v) is 5.44. The molecular formula is C14H28. The summed E-state index contributed by atoms with van der Waals surface area (Å²) < 4.78 is 0. The Morgan fingerprint density at radius 2 is 1.57 bits per heavy atom. The molecule has 0 aromatic heterocycles. The van der Waals surface area contributed by atoms with Gasteiger partial charge in [-0.05, 0) is 23.2 Å². The number of hydrogen-bond acceptors (Lipinski definition) is 0. The van der Waals surface area contributed by atoms with Crippen molar-refractivity contribution in [3.8, 4) is 0 Å². The number of unbranched alkanes of at least 4 members (excludes halogenated alkanes) is 1. The Morgan fingerprint density at radius 3 is 1.93 bits per heavy atom. The molecule has 1 fully saturated rings. The highest BCUT2D eigenvalue weighted by Gasteiger charge is 2.60. The first-order chi connectivity index (χ1) is 6.62. The summed E-state index contributed by atoms with van der Waals surface area (Å²) in [5.41, 5.74) is 0.693. The van der Waals surface area contributed by atoms with Gasteiger partial charge in [-0.3, -0.25) is 0 Å². The molecule has 0 heterocycles. The van der Waals surface area contributed by atoms with Gasteiger partial charge in [0.1, 0.15) is 0 Å². The van der Waals surface area contributed by atoms with Gasteiger partial charge in [0.05, 0.1) is 0 Å². The molecule has 0 nitrogen and oxygen atoms in total. The SMILES string of the molecule is CCCCC(C)C1(C)C(CC)C1CC. The normalized spacial score (nSPS) is 38.4. The molecule has 1 aliphatic rings. The van der Waals surface area contributed by atoms with Crippen LogP contribution in [-0.2, 0) is 0 Å². The zero-order valence-corrected chi connectivity index (χ0v) is 10.8. The largest absolute Gasteiger partial charge is 0.0654 e. The van der Waals surface area contributed by atoms with Crippen molar-refractivity contribution in [3.05, 3.63) is 0 Å². The molecule has 84 valence electrons. The minimum atomic E-state index is 0.693. The molecule has 0 radical (unpaired) electrons. The lowest BCUT2D eigenvalue weighted by molar-refractivity contribution is 0.284. The summed E-state index contributed by atoms with van der Waals surface area (Å²) in [6.07, 6.45) is 7.01. The van der Waals surface area contributed by atoms with Gasteiger partial charge in [0, 0.05) is 0 Å². The van der Waals surface area contributed by atoms with Crippen LogP contribution >= 0.6 is 0 Å². The summed E-state index contributed by atoms with van der Waals surface area (Å²) in [4.78, 5) is 0. The highest BCUT2D eigenvalue weighted by atomic mass is 14.6. The monoisotopic (exact) mass is 196 g/mol. The first-order valence-corrected chi connectivity index (χ1v) is 6.62. The Hall–Kier alpha value is 0. The molecule has 0 aromatic rings. The van der Waals surface area contributed by atoms with Crippen LogP contribution in [0, 0.1) is 23.2 Å². The summed E-state index contributed by atoms with van der Waals surface area (Å²) in [6, 6.07) is 0. The first kappa shape index (κ1) is 12.1. The van der Waals surface area contributed by atoms with Crippen molar-refractivity contribution < 1.29 is 0 Å². The Bertz CT molecular complexity index is 161. The van der Waals surface area contributed by atoms with E-state index in [-0.39, 0.29) is 0 Å². The van der Waals surface area contributed by atoms with Crippen molar-refractivity contribution in [3.63, 3.8) is 0 Å². The van der Waals surface area contributed by atoms with E-state index < -0.39 is 0 Å². The van der Waals surface area contributed by atoms with Crippen molar-refractivity contribution in [2.45, 2.75) is 66.7 Å². The molecule has 3 atom stereocenters. The molecule has 3 unspecified atom stereocenters. The van der Waals surface area contributed by atoms with Crippen molar-refractivity contribution in [1.82, 2.24) is 0 Å². The van der Waals surface area contributed by atoms with E-state index in [1.165, 1.54) is 32.1 Å². The fourth-order valence-electron chi connectivity index (χ4n) is 3.72. The fraction of sp³-hybridized carbons (Fsp3) is 1.00. The van der Waals surface area contributed by atoms with Crippen LogP contribution in [0.1, 0.15) is 66.7 Å². The van der Waals surface area contributed by atoms with Gasteiger partial charge < -0.3 is 0 Å². The molecule has 0 bridgehead atoms. The van der Waals surface area contributed by atoms with E-state index in [1.807, 2.05) is 0 Å². The Labute approximate surface area is 90.5 Å². The molecule has 14 heavy (non-hydrogen) atoms. The quantitative estimate of drug-likeness (QED) is 0.567. The zero-order valence-electron chi connectivity index (χ0n) is 10.8. The van der Waals surface area contributed by atoms with Crippen LogP contribution in [0.2, 0.25) is 0 Å². The van der Waals surface area contributed by atoms with Crippen molar-refractivity contribution in [2.75, 3.05) is 0 Å². The molecule has 0 aromatic carbocycles. The molecule has 1 rings (SSSR count). The van der Waals surface area contributed by atoms with Crippen molar-refractivity contribution in [2.24, 2.45) is 23.2 Å². The number of rotatable bonds is 6. The molecule has 0 saturated heterocycles. The summed E-state index contributed by atoms with van der Waals surface area (Å²) in [5.74, 6) is 3.00. The average molecular weight is 196 g/mol. The summed E-state index contributed by atoms with van der Waals surface area (Å²) >= 11 is 0. The minimum Gasteiger partial charge on any atom is -0.0654 e. The average Bonchev–Trinajstić information content (AvgIpc) is 2.80. The molecule has 0 spiro atoms. The van der Waals surface area contributed by atoms with Crippen molar-refractivity contribution >= 4 is 0 Å². The third-order valence-electron chi connectivity index (χ3n) is 4.91. The second-order valence-electron chi connectivity index (χ2n) is 5.44. The summed E-state index contributed by atoms with van der Waals surface area (Å²) in [5, 5.41) is 0. The maximum atomic E-state index is 2.54. The van der Waals surface area contributed by atoms with E-state index in [0.29, 0.717) is 5.41 Å². The van der Waals surface area contributed by atoms with Gasteiger partial charge >= 0.3 is 0 Å². The lowest BCUT2D eigenvalue weighted by atomic mass is 9.84. The summed E-state index contributed by atoms with van der Waals surface area (Å²) in [6.45, 7) is 12.1. The minimum absolute atomic E-state index is 0.693. The Morgan fingerprint density at radius 1 is 1.07 bits per heavy atom. The van der Waals surface area contributed by atoms with E-state index in [9.17, 15) is 0 Å². The molecule has 0 heteroatoms. The van der Waals surface area contributed by atoms with E-state index in [0.717, 1.165) is 17.8 Å². The lowest BCUT2D eigenvalue weighted by Crippen LogP contribution is -2.13. The molecular weight excluding hydrogens is 168 g/mol. The third kappa shape index (κ3) is 1.85. The maximum Gasteiger partial charge on any atom is -0.0238 e. The highest BCUT2D eigenvalue weighted by molar-refractivity contribution is 5.08. The Kier molecular flexibility index (Phi) is 4.04. The van der Waals surface area contributed by atoms with E-state index in [2.05, 4.69) is 34.6 Å². The molecule has 1 saturated carbocycles. The van der Waals surface area contributed by atoms with E-state index in [4.69, 9.17) is 0 Å². The Balaban J connectivity index is 2.49. The standard InChI is InChI=1S/C14H28/c1-6-9-10-11(4)14(5)12(7-2)13(14)8-3/h11-13H,6-10H2,1-5H3. The van der Waals surface area contributed by atoms with Gasteiger partial charge in [-0.25, -0.2) is 0 Å². The lowest BCUT2D eigenvalue weighted by Gasteiger charge is -2.21. The maximum absolute atomic E-state index is 2.54. The van der Waals surface area contributed by atoms with Crippen LogP contribution in [0.5, 0.6) is 0 Å². The number of hydrogen-bond donors (Lipinski definition) is 0. The molecule has 0 N–H and O–H groups in total. The van der Waals surface area contributed by atoms with Crippen LogP contribution in [0.4, 0.5) is 0 Å². The predicted octanol–water partition coefficient (Wildman–Crippen LogP) is 4.89. The van der Waals surface area contributed by atoms with E-state index in [1.54, 1.807) is 0 Å². The van der Waals surface area contributed by atoms with Gasteiger partial charge in [0.15, 0.2) is 0 Å². The predicted molar refractivity (Wildman–Crippen MR) is 64.4 cm³/mol. The van der Waals surface area contributed by atoms with Crippen LogP contribution in [0.15, 0.2) is 0 Å². The highest BCUT2D eigenvalue weighted by Crippen LogP contribution is 2.66. The van der Waals surface area contributed by atoms with Crippen LogP contribution in [0.25, 0.3) is 0 Å². The van der Waals surface area contributed by atoms with Gasteiger partial charge in [-0.15, -0.1) is 0 Å². The van der Waals surface area contributed by atoms with Crippen LogP contribution < -0.4 is 0 Å². The molecule has 0 amide bonds. The topological polar surface area (TPSA) is 0 Å². The van der Waals surface area contributed by atoms with Crippen molar-refractivity contribution in [1.29, 1.82) is 0 Å². The zero-order chi connectivity index (χ0) is 10.8.